The van der Waals surface area contributed by atoms with Crippen LogP contribution >= 0.6 is 0 Å². The fraction of sp³-hybridized carbons (Fsp3) is 0.459. The van der Waals surface area contributed by atoms with E-state index < -0.39 is 125 Å². The number of allylic oxidation sites excluding steroid dienone is 2. The van der Waals surface area contributed by atoms with Crippen LogP contribution in [-0.2, 0) is 70.3 Å². The number of aromatic hydroxyl groups is 1. The Hall–Kier alpha value is -10.4. The summed E-state index contributed by atoms with van der Waals surface area (Å²) in [6.07, 6.45) is 9.34. The maximum Gasteiger partial charge on any atom is 0.355 e. The van der Waals surface area contributed by atoms with Crippen molar-refractivity contribution >= 4 is 76.3 Å². The van der Waals surface area contributed by atoms with Gasteiger partial charge in [0.25, 0.3) is 11.8 Å². The first-order valence-electron chi connectivity index (χ1n) is 34.0. The van der Waals surface area contributed by atoms with Gasteiger partial charge >= 0.3 is 11.9 Å². The first-order chi connectivity index (χ1) is 48.1. The molecule has 2 aromatic heterocycles. The molecular formula is C74H90N10O17. The number of piperidine rings is 1. The number of likely N-dealkylation sites (N-methyl/N-ethyl adjacent to an activating group) is 1. The van der Waals surface area contributed by atoms with E-state index >= 15 is 0 Å². The normalized spacial score (nSPS) is 26.3. The van der Waals surface area contributed by atoms with Gasteiger partial charge in [0.15, 0.2) is 17.2 Å². The first-order valence-corrected chi connectivity index (χ1v) is 34.0. The van der Waals surface area contributed by atoms with Gasteiger partial charge in [0.05, 0.1) is 24.5 Å². The third-order valence-electron chi connectivity index (χ3n) is 18.3. The Morgan fingerprint density at radius 3 is 2.25 bits per heavy atom. The molecule has 4 aromatic rings. The second-order valence-corrected chi connectivity index (χ2v) is 26.4. The molecule has 101 heavy (non-hydrogen) atoms. The van der Waals surface area contributed by atoms with Crippen LogP contribution in [0.25, 0.3) is 0 Å². The van der Waals surface area contributed by atoms with Gasteiger partial charge in [0.2, 0.25) is 35.4 Å². The third-order valence-corrected chi connectivity index (χ3v) is 18.3. The number of ketones is 3. The minimum absolute atomic E-state index is 0.0210. The molecule has 3 saturated heterocycles. The van der Waals surface area contributed by atoms with Crippen molar-refractivity contribution in [3.05, 3.63) is 155 Å². The molecule has 7 amide bonds. The third kappa shape index (κ3) is 19.7. The number of nitrogens with one attached hydrogen (secondary N) is 3. The van der Waals surface area contributed by atoms with Crippen LogP contribution in [0, 0.1) is 11.8 Å². The van der Waals surface area contributed by atoms with Crippen molar-refractivity contribution in [2.24, 2.45) is 11.8 Å². The lowest BCUT2D eigenvalue weighted by Gasteiger charge is -2.40. The number of anilines is 1. The van der Waals surface area contributed by atoms with E-state index in [2.05, 4.69) is 25.9 Å². The average Bonchev–Trinajstić information content (AvgIpc) is 1.79. The highest BCUT2D eigenvalue weighted by atomic mass is 16.6. The molecule has 5 N–H and O–H groups in total. The zero-order valence-corrected chi connectivity index (χ0v) is 58.4. The summed E-state index contributed by atoms with van der Waals surface area (Å²) in [5, 5.41) is 28.6. The van der Waals surface area contributed by atoms with Crippen molar-refractivity contribution in [2.45, 2.75) is 160 Å². The summed E-state index contributed by atoms with van der Waals surface area (Å²) in [6, 6.07) is 12.1. The molecule has 2 bridgehead atoms. The van der Waals surface area contributed by atoms with Crippen LogP contribution in [0.3, 0.4) is 0 Å². The topological polar surface area (TPSA) is 355 Å². The lowest BCUT2D eigenvalue weighted by atomic mass is 9.87. The van der Waals surface area contributed by atoms with Crippen molar-refractivity contribution in [2.75, 3.05) is 52.2 Å². The highest BCUT2D eigenvalue weighted by molar-refractivity contribution is 6.03. The zero-order valence-electron chi connectivity index (χ0n) is 58.4. The minimum Gasteiger partial charge on any atom is -0.505 e. The molecule has 5 aliphatic rings. The van der Waals surface area contributed by atoms with Gasteiger partial charge in [-0.2, -0.15) is 0 Å². The van der Waals surface area contributed by atoms with Crippen LogP contribution in [0.4, 0.5) is 5.69 Å². The van der Waals surface area contributed by atoms with Crippen molar-refractivity contribution in [3.8, 4) is 5.75 Å². The number of nitrogens with zero attached hydrogens (tertiary/aromatic N) is 7. The molecule has 9 rings (SSSR count). The van der Waals surface area contributed by atoms with E-state index in [0.717, 1.165) is 23.1 Å². The number of benzene rings is 2. The average molecular weight is 1390 g/mol. The number of fused-ring (bicyclic) bond motifs is 5. The summed E-state index contributed by atoms with van der Waals surface area (Å²) < 4.78 is 17.1. The number of pyridine rings is 1. The van der Waals surface area contributed by atoms with E-state index in [1.807, 2.05) is 64.0 Å². The number of carbonyl (C=O) groups is 12. The molecule has 0 saturated carbocycles. The van der Waals surface area contributed by atoms with Gasteiger partial charge in [0.1, 0.15) is 65.7 Å². The van der Waals surface area contributed by atoms with Crippen LogP contribution in [0.2, 0.25) is 0 Å². The number of oxazole rings is 1. The number of amides is 7. The molecular weight excluding hydrogens is 1300 g/mol. The Kier molecular flexibility index (Phi) is 26.5. The second kappa shape index (κ2) is 35.1. The van der Waals surface area contributed by atoms with Gasteiger partial charge in [-0.1, -0.05) is 106 Å². The lowest BCUT2D eigenvalue weighted by molar-refractivity contribution is -0.155. The van der Waals surface area contributed by atoms with Gasteiger partial charge in [-0.05, 0) is 86.9 Å². The number of aromatic nitrogens is 2. The largest absolute Gasteiger partial charge is 0.505 e. The minimum atomic E-state index is -1.65. The monoisotopic (exact) mass is 1390 g/mol. The van der Waals surface area contributed by atoms with Gasteiger partial charge in [0, 0.05) is 97.2 Å². The van der Waals surface area contributed by atoms with E-state index in [4.69, 9.17) is 13.9 Å². The SMILES string of the molecule is CC1=C\[C@@H](O)CC(=O)Cc2nc(co2)C(=O)N2CCC=C2C(=O)O[C@H](C(C)C)[C@H](C)/C=C/C(=O)NC\C=C\1.CC[C@H]1NC(=O)[C@@H](NC(=O)c2ncccc2O)[C@@H](C)OC(=O)[C@H](c2ccccc2)CC(=O)[C@@H]2CC(=O)CCN2C(=O)[C@H](Cc2ccc(N(C)C)cc2)N(C)C(=O)[C@@H]2CCCN2C1=O. The molecule has 0 radical (unpaired) electrons. The number of esters is 2. The van der Waals surface area contributed by atoms with E-state index in [-0.39, 0.29) is 118 Å². The molecule has 3 fully saturated rings. The molecule has 0 aliphatic carbocycles. The highest BCUT2D eigenvalue weighted by Crippen LogP contribution is 2.31. The standard InChI is InChI=1S/C46H55N7O10.C28H35N3O7/c1-6-33-43(59)52-22-11-14-34(52)44(60)51(5)36(24-28-16-18-30(19-17-28)50(3)4)45(61)53-23-20-31(54)25-35(53)38(56)26-32(29-12-8-7-9-13-29)46(62)63-27(2)39(41(57)48-33)49-42(58)40-37(55)15-10-21-47-40;1-17(2)26-19(4)9-10-24(34)29-11-5-7-18(3)13-20(32)14-21(33)15-25-30-22(16-37-25)27(35)31-12-6-8-23(31)28(36)38-26/h7-10,12-13,15-19,21,27,32-36,39,55H,6,11,14,20,22-26H2,1-5H3,(H,48,57)(H,49,58);5,7-10,13,16-17,19-20,26,32H,6,11-12,14-15H2,1-4H3,(H,29,34)/b;7-5+,10-9+,18-13+/t27-,32+,33-,34+,35+,36+,39+;19-,20-,26-/m11/s1. The van der Waals surface area contributed by atoms with Crippen molar-refractivity contribution in [1.82, 2.24) is 45.5 Å². The number of aliphatic hydroxyl groups is 1. The first kappa shape index (κ1) is 76.3. The van der Waals surface area contributed by atoms with Crippen LogP contribution in [0.1, 0.15) is 137 Å². The van der Waals surface area contributed by atoms with E-state index in [1.54, 1.807) is 74.6 Å². The van der Waals surface area contributed by atoms with E-state index in [1.165, 1.54) is 58.0 Å². The number of cyclic esters (lactones) is 2. The Morgan fingerprint density at radius 2 is 1.55 bits per heavy atom. The van der Waals surface area contributed by atoms with Crippen molar-refractivity contribution in [3.63, 3.8) is 0 Å². The molecule has 0 spiro atoms. The van der Waals surface area contributed by atoms with Gasteiger partial charge in [-0.25, -0.2) is 14.8 Å². The molecule has 0 unspecified atom stereocenters. The number of aliphatic hydroxyl groups excluding tert-OH is 1. The van der Waals surface area contributed by atoms with Crippen LogP contribution in [0.5, 0.6) is 5.75 Å². The van der Waals surface area contributed by atoms with Crippen molar-refractivity contribution in [1.29, 1.82) is 0 Å². The highest BCUT2D eigenvalue weighted by Gasteiger charge is 2.46. The van der Waals surface area contributed by atoms with Crippen LogP contribution < -0.4 is 20.9 Å². The van der Waals surface area contributed by atoms with E-state index in [0.29, 0.717) is 18.4 Å². The smallest absolute Gasteiger partial charge is 0.355 e. The molecule has 27 nitrogen and oxygen atoms in total. The van der Waals surface area contributed by atoms with Gasteiger partial charge in [-0.3, -0.25) is 52.7 Å². The lowest BCUT2D eigenvalue weighted by Crippen LogP contribution is -2.61. The van der Waals surface area contributed by atoms with Gasteiger partial charge < -0.3 is 64.6 Å². The molecule has 5 aliphatic heterocycles. The van der Waals surface area contributed by atoms with Crippen LogP contribution in [-0.4, -0.2) is 206 Å². The van der Waals surface area contributed by atoms with E-state index in [9.17, 15) is 67.7 Å². The maximum absolute atomic E-state index is 15.0. The Bertz CT molecular complexity index is 3860. The quantitative estimate of drug-likeness (QED) is 0.148. The predicted molar refractivity (Wildman–Crippen MR) is 368 cm³/mol. The summed E-state index contributed by atoms with van der Waals surface area (Å²) >= 11 is 0. The Labute approximate surface area is 586 Å². The van der Waals surface area contributed by atoms with Crippen molar-refractivity contribution < 1.29 is 81.6 Å². The number of ether oxygens (including phenoxy) is 2. The summed E-state index contributed by atoms with van der Waals surface area (Å²) in [5.41, 5.74) is 2.41. The molecule has 10 atom stereocenters. The van der Waals surface area contributed by atoms with Crippen LogP contribution in [0.15, 0.2) is 131 Å². The Balaban J connectivity index is 0.000000291. The number of carbonyl (C=O) groups excluding carboxylic acids is 12. The number of hydrogen-bond acceptors (Lipinski definition) is 20. The summed E-state index contributed by atoms with van der Waals surface area (Å²) in [4.78, 5) is 180. The second-order valence-electron chi connectivity index (χ2n) is 26.4. The molecule has 2 aromatic carbocycles. The summed E-state index contributed by atoms with van der Waals surface area (Å²) in [7, 11) is 5.28. The Morgan fingerprint density at radius 1 is 0.832 bits per heavy atom. The number of Topliss-reactive ketones (excluding diaryl/α,β-unsaturated/α-hetero) is 3. The summed E-state index contributed by atoms with van der Waals surface area (Å²) in [6.45, 7) is 11.1. The van der Waals surface area contributed by atoms with Gasteiger partial charge in [-0.15, -0.1) is 0 Å². The number of rotatable bonds is 8. The fourth-order valence-electron chi connectivity index (χ4n) is 12.8. The maximum atomic E-state index is 15.0. The number of hydrogen-bond donors (Lipinski definition) is 5. The molecule has 538 valence electrons. The predicted octanol–water partition coefficient (Wildman–Crippen LogP) is 4.81. The molecule has 7 heterocycles. The summed E-state index contributed by atoms with van der Waals surface area (Å²) in [5.74, 6) is -9.17. The molecule has 27 heteroatoms. The fourth-order valence-corrected chi connectivity index (χ4v) is 12.8. The zero-order chi connectivity index (χ0) is 73.4.